The van der Waals surface area contributed by atoms with Crippen LogP contribution in [0, 0.1) is 0 Å². The van der Waals surface area contributed by atoms with Crippen molar-refractivity contribution in [3.8, 4) is 5.75 Å². The van der Waals surface area contributed by atoms with Gasteiger partial charge in [-0.25, -0.2) is 0 Å². The summed E-state index contributed by atoms with van der Waals surface area (Å²) in [6, 6.07) is 6.83. The Kier molecular flexibility index (Phi) is 6.87. The molecule has 6 heteroatoms. The summed E-state index contributed by atoms with van der Waals surface area (Å²) < 4.78 is 5.30. The average Bonchev–Trinajstić information content (AvgIpc) is 2.37. The fourth-order valence-corrected chi connectivity index (χ4v) is 1.84. The fraction of sp³-hybridized carbons (Fsp3) is 0.429. The van der Waals surface area contributed by atoms with E-state index in [0.717, 1.165) is 0 Å². The summed E-state index contributed by atoms with van der Waals surface area (Å²) >= 11 is 5.90. The normalized spacial score (nSPS) is 11.7. The van der Waals surface area contributed by atoms with Gasteiger partial charge < -0.3 is 15.2 Å². The van der Waals surface area contributed by atoms with Crippen LogP contribution in [0.2, 0.25) is 5.02 Å². The number of hydrogen-bond donors (Lipinski definition) is 2. The van der Waals surface area contributed by atoms with Gasteiger partial charge in [0.1, 0.15) is 5.75 Å². The van der Waals surface area contributed by atoms with Crippen LogP contribution in [-0.2, 0) is 9.59 Å². The molecule has 0 aliphatic carbocycles. The molecule has 0 radical (unpaired) electrons. The van der Waals surface area contributed by atoms with E-state index in [1.165, 1.54) is 0 Å². The van der Waals surface area contributed by atoms with Gasteiger partial charge in [-0.1, -0.05) is 23.7 Å². The highest BCUT2D eigenvalue weighted by molar-refractivity contribution is 6.32. The van der Waals surface area contributed by atoms with Crippen molar-refractivity contribution in [2.75, 3.05) is 6.61 Å². The molecule has 0 saturated heterocycles. The first-order valence-corrected chi connectivity index (χ1v) is 6.75. The summed E-state index contributed by atoms with van der Waals surface area (Å²) in [6.45, 7) is 1.71. The molecule has 5 nitrogen and oxygen atoms in total. The summed E-state index contributed by atoms with van der Waals surface area (Å²) in [5.41, 5.74) is 0. The zero-order chi connectivity index (χ0) is 15.0. The van der Waals surface area contributed by atoms with Gasteiger partial charge in [0, 0.05) is 12.5 Å². The number of benzene rings is 1. The highest BCUT2D eigenvalue weighted by Gasteiger charge is 2.09. The Morgan fingerprint density at radius 1 is 1.40 bits per heavy atom. The van der Waals surface area contributed by atoms with Crippen molar-refractivity contribution in [1.29, 1.82) is 0 Å². The second-order valence-corrected chi connectivity index (χ2v) is 4.88. The third-order valence-corrected chi connectivity index (χ3v) is 2.94. The zero-order valence-corrected chi connectivity index (χ0v) is 12.0. The maximum absolute atomic E-state index is 11.6. The molecule has 1 rings (SSSR count). The number of carboxylic acid groups (broad SMARTS) is 1. The Labute approximate surface area is 122 Å². The van der Waals surface area contributed by atoms with Crippen LogP contribution in [0.5, 0.6) is 5.75 Å². The first kappa shape index (κ1) is 16.3. The van der Waals surface area contributed by atoms with E-state index in [9.17, 15) is 9.59 Å². The van der Waals surface area contributed by atoms with E-state index >= 15 is 0 Å². The van der Waals surface area contributed by atoms with E-state index < -0.39 is 5.97 Å². The van der Waals surface area contributed by atoms with Gasteiger partial charge in [0.2, 0.25) is 0 Å². The van der Waals surface area contributed by atoms with Crippen molar-refractivity contribution in [1.82, 2.24) is 5.32 Å². The van der Waals surface area contributed by atoms with Gasteiger partial charge >= 0.3 is 5.97 Å². The van der Waals surface area contributed by atoms with Gasteiger partial charge in [-0.3, -0.25) is 9.59 Å². The molecule has 0 spiro atoms. The fourth-order valence-electron chi connectivity index (χ4n) is 1.65. The van der Waals surface area contributed by atoms with Crippen molar-refractivity contribution in [3.05, 3.63) is 29.3 Å². The van der Waals surface area contributed by atoms with Crippen LogP contribution in [0.25, 0.3) is 0 Å². The lowest BCUT2D eigenvalue weighted by molar-refractivity contribution is -0.137. The van der Waals surface area contributed by atoms with Crippen LogP contribution < -0.4 is 10.1 Å². The van der Waals surface area contributed by atoms with Crippen LogP contribution >= 0.6 is 11.6 Å². The van der Waals surface area contributed by atoms with E-state index in [2.05, 4.69) is 5.32 Å². The van der Waals surface area contributed by atoms with Gasteiger partial charge in [0.15, 0.2) is 6.61 Å². The second-order valence-electron chi connectivity index (χ2n) is 4.47. The summed E-state index contributed by atoms with van der Waals surface area (Å²) in [7, 11) is 0. The third-order valence-electron chi connectivity index (χ3n) is 2.63. The monoisotopic (exact) mass is 299 g/mol. The van der Waals surface area contributed by atoms with E-state index in [-0.39, 0.29) is 25.0 Å². The number of halogens is 1. The molecule has 0 heterocycles. The standard InChI is InChI=1S/C14H18ClNO4/c1-10(5-4-8-14(18)19)16-13(17)9-20-12-7-3-2-6-11(12)15/h2-3,6-7,10H,4-5,8-9H2,1H3,(H,16,17)(H,18,19). The van der Waals surface area contributed by atoms with E-state index in [0.29, 0.717) is 23.6 Å². The minimum absolute atomic E-state index is 0.0864. The molecule has 1 aromatic carbocycles. The number of para-hydroxylation sites is 1. The molecule has 1 unspecified atom stereocenters. The third kappa shape index (κ3) is 6.43. The molecule has 110 valence electrons. The molecular weight excluding hydrogens is 282 g/mol. The Hall–Kier alpha value is -1.75. The predicted molar refractivity (Wildman–Crippen MR) is 76.0 cm³/mol. The molecule has 0 saturated carbocycles. The van der Waals surface area contributed by atoms with Gasteiger partial charge in [0.25, 0.3) is 5.91 Å². The molecule has 0 fully saturated rings. The summed E-state index contributed by atoms with van der Waals surface area (Å²) in [6.07, 6.45) is 1.25. The lowest BCUT2D eigenvalue weighted by Gasteiger charge is -2.14. The zero-order valence-electron chi connectivity index (χ0n) is 11.3. The van der Waals surface area contributed by atoms with Crippen molar-refractivity contribution in [2.45, 2.75) is 32.2 Å². The Morgan fingerprint density at radius 3 is 2.75 bits per heavy atom. The predicted octanol–water partition coefficient (Wildman–Crippen LogP) is 2.48. The molecule has 0 aliphatic heterocycles. The number of ether oxygens (including phenoxy) is 1. The number of carboxylic acids is 1. The molecule has 1 amide bonds. The van der Waals surface area contributed by atoms with Crippen LogP contribution in [0.1, 0.15) is 26.2 Å². The SMILES string of the molecule is CC(CCCC(=O)O)NC(=O)COc1ccccc1Cl. The molecule has 2 N–H and O–H groups in total. The minimum Gasteiger partial charge on any atom is -0.482 e. The molecule has 0 aromatic heterocycles. The lowest BCUT2D eigenvalue weighted by Crippen LogP contribution is -2.36. The second kappa shape index (κ2) is 8.43. The van der Waals surface area contributed by atoms with Crippen molar-refractivity contribution >= 4 is 23.5 Å². The molecule has 0 aliphatic rings. The maximum Gasteiger partial charge on any atom is 0.303 e. The van der Waals surface area contributed by atoms with Crippen LogP contribution in [0.3, 0.4) is 0 Å². The van der Waals surface area contributed by atoms with Crippen molar-refractivity contribution < 1.29 is 19.4 Å². The van der Waals surface area contributed by atoms with Gasteiger partial charge in [-0.15, -0.1) is 0 Å². The van der Waals surface area contributed by atoms with Gasteiger partial charge in [-0.05, 0) is 31.9 Å². The van der Waals surface area contributed by atoms with Crippen LogP contribution in [0.15, 0.2) is 24.3 Å². The van der Waals surface area contributed by atoms with E-state index in [1.807, 2.05) is 6.92 Å². The first-order chi connectivity index (χ1) is 9.49. The highest BCUT2D eigenvalue weighted by atomic mass is 35.5. The summed E-state index contributed by atoms with van der Waals surface area (Å²) in [4.78, 5) is 22.0. The quantitative estimate of drug-likeness (QED) is 0.773. The Morgan fingerprint density at radius 2 is 2.10 bits per heavy atom. The summed E-state index contributed by atoms with van der Waals surface area (Å²) in [5, 5.41) is 11.7. The average molecular weight is 300 g/mol. The molecular formula is C14H18ClNO4. The van der Waals surface area contributed by atoms with Gasteiger partial charge in [-0.2, -0.15) is 0 Å². The Bertz CT molecular complexity index is 464. The molecule has 20 heavy (non-hydrogen) atoms. The smallest absolute Gasteiger partial charge is 0.303 e. The number of hydrogen-bond acceptors (Lipinski definition) is 3. The first-order valence-electron chi connectivity index (χ1n) is 6.37. The number of aliphatic carboxylic acids is 1. The van der Waals surface area contributed by atoms with Crippen molar-refractivity contribution in [3.63, 3.8) is 0 Å². The lowest BCUT2D eigenvalue weighted by atomic mass is 10.1. The minimum atomic E-state index is -0.828. The van der Waals surface area contributed by atoms with Crippen LogP contribution in [0.4, 0.5) is 0 Å². The van der Waals surface area contributed by atoms with Gasteiger partial charge in [0.05, 0.1) is 5.02 Å². The molecule has 1 atom stereocenters. The number of rotatable bonds is 8. The number of carbonyl (C=O) groups excluding carboxylic acids is 1. The highest BCUT2D eigenvalue weighted by Crippen LogP contribution is 2.22. The topological polar surface area (TPSA) is 75.6 Å². The van der Waals surface area contributed by atoms with E-state index in [1.54, 1.807) is 24.3 Å². The maximum atomic E-state index is 11.6. The van der Waals surface area contributed by atoms with Crippen molar-refractivity contribution in [2.24, 2.45) is 0 Å². The number of amides is 1. The Balaban J connectivity index is 2.26. The molecule has 0 bridgehead atoms. The number of carbonyl (C=O) groups is 2. The molecule has 1 aromatic rings. The van der Waals surface area contributed by atoms with Crippen LogP contribution in [-0.4, -0.2) is 29.6 Å². The number of nitrogens with one attached hydrogen (secondary N) is 1. The summed E-state index contributed by atoms with van der Waals surface area (Å²) in [5.74, 6) is -0.624. The van der Waals surface area contributed by atoms with E-state index in [4.69, 9.17) is 21.4 Å². The largest absolute Gasteiger partial charge is 0.482 e.